The van der Waals surface area contributed by atoms with Crippen molar-refractivity contribution in [3.63, 3.8) is 0 Å². The zero-order valence-corrected chi connectivity index (χ0v) is 25.7. The highest BCUT2D eigenvalue weighted by Gasteiger charge is 2.31. The van der Waals surface area contributed by atoms with Gasteiger partial charge in [0.1, 0.15) is 11.8 Å². The molecule has 208 valence electrons. The Kier molecular flexibility index (Phi) is 11.0. The van der Waals surface area contributed by atoms with Crippen LogP contribution in [-0.4, -0.2) is 35.9 Å². The van der Waals surface area contributed by atoms with Gasteiger partial charge in [-0.25, -0.2) is 0 Å². The van der Waals surface area contributed by atoms with E-state index in [-0.39, 0.29) is 36.3 Å². The number of hydrogen-bond acceptors (Lipinski definition) is 3. The van der Waals surface area contributed by atoms with Crippen LogP contribution in [-0.2, 0) is 28.0 Å². The summed E-state index contributed by atoms with van der Waals surface area (Å²) in [4.78, 5) is 28.9. The lowest BCUT2D eigenvalue weighted by Gasteiger charge is -2.32. The van der Waals surface area contributed by atoms with Gasteiger partial charge in [0, 0.05) is 24.5 Å². The van der Waals surface area contributed by atoms with E-state index in [9.17, 15) is 9.59 Å². The Morgan fingerprint density at radius 2 is 1.67 bits per heavy atom. The first-order valence-corrected chi connectivity index (χ1v) is 14.4. The van der Waals surface area contributed by atoms with Gasteiger partial charge in [-0.3, -0.25) is 9.59 Å². The van der Waals surface area contributed by atoms with Crippen LogP contribution in [0.15, 0.2) is 77.3 Å². The Labute approximate surface area is 246 Å². The average Bonchev–Trinajstić information content (AvgIpc) is 2.88. The third kappa shape index (κ3) is 9.40. The van der Waals surface area contributed by atoms with Crippen LogP contribution in [0.25, 0.3) is 0 Å². The first-order chi connectivity index (χ1) is 18.4. The second-order valence-corrected chi connectivity index (χ2v) is 12.5. The number of hydrogen-bond donors (Lipinski definition) is 1. The van der Waals surface area contributed by atoms with Gasteiger partial charge >= 0.3 is 0 Å². The topological polar surface area (TPSA) is 58.6 Å². The lowest BCUT2D eigenvalue weighted by molar-refractivity contribution is -0.142. The molecule has 0 bridgehead atoms. The predicted molar refractivity (Wildman–Crippen MR) is 162 cm³/mol. The van der Waals surface area contributed by atoms with E-state index in [0.717, 1.165) is 21.2 Å². The third-order valence-corrected chi connectivity index (χ3v) is 7.20. The van der Waals surface area contributed by atoms with Gasteiger partial charge in [-0.1, -0.05) is 94.8 Å². The van der Waals surface area contributed by atoms with E-state index in [0.29, 0.717) is 23.7 Å². The molecule has 0 aliphatic carbocycles. The number of nitrogens with zero attached hydrogens (tertiary/aromatic N) is 1. The van der Waals surface area contributed by atoms with Crippen molar-refractivity contribution >= 4 is 39.3 Å². The summed E-state index contributed by atoms with van der Waals surface area (Å²) in [7, 11) is 0. The van der Waals surface area contributed by atoms with E-state index < -0.39 is 6.04 Å². The van der Waals surface area contributed by atoms with Gasteiger partial charge in [0.05, 0.1) is 4.47 Å². The average molecular weight is 614 g/mol. The van der Waals surface area contributed by atoms with Gasteiger partial charge in [-0.15, -0.1) is 0 Å². The highest BCUT2D eigenvalue weighted by molar-refractivity contribution is 9.10. The molecule has 3 rings (SSSR count). The molecule has 0 saturated carbocycles. The first-order valence-electron chi connectivity index (χ1n) is 13.2. The molecule has 0 aliphatic rings. The van der Waals surface area contributed by atoms with E-state index in [1.807, 2.05) is 80.6 Å². The molecule has 3 aromatic rings. The normalized spacial score (nSPS) is 12.2. The molecular formula is C32H38BrClN2O3. The highest BCUT2D eigenvalue weighted by Crippen LogP contribution is 2.31. The van der Waals surface area contributed by atoms with Crippen molar-refractivity contribution in [2.45, 2.75) is 59.0 Å². The number of carbonyl (C=O) groups excluding carboxylic acids is 2. The monoisotopic (exact) mass is 612 g/mol. The number of carbonyl (C=O) groups is 2. The van der Waals surface area contributed by atoms with Crippen LogP contribution in [0.4, 0.5) is 0 Å². The Morgan fingerprint density at radius 1 is 0.974 bits per heavy atom. The predicted octanol–water partition coefficient (Wildman–Crippen LogP) is 7.19. The molecule has 39 heavy (non-hydrogen) atoms. The standard InChI is InChI=1S/C32H38BrClN2O3/c1-22(2)19-35-31(38)28(17-23-10-7-6-8-11-23)36(20-24-12-9-13-26(34)16-24)30(37)21-39-29-15-14-25(18-27(29)33)32(3,4)5/h6-16,18,22,28H,17,19-21H2,1-5H3,(H,35,38). The molecule has 1 N–H and O–H groups in total. The molecule has 0 spiro atoms. The van der Waals surface area contributed by atoms with E-state index in [1.165, 1.54) is 0 Å². The van der Waals surface area contributed by atoms with Crippen LogP contribution < -0.4 is 10.1 Å². The molecule has 7 heteroatoms. The van der Waals surface area contributed by atoms with Crippen LogP contribution in [0.2, 0.25) is 5.02 Å². The largest absolute Gasteiger partial charge is 0.483 e. The van der Waals surface area contributed by atoms with Crippen molar-refractivity contribution in [1.29, 1.82) is 0 Å². The number of ether oxygens (including phenoxy) is 1. The van der Waals surface area contributed by atoms with Gasteiger partial charge in [0.15, 0.2) is 6.61 Å². The number of benzene rings is 3. The number of nitrogens with one attached hydrogen (secondary N) is 1. The number of rotatable bonds is 11. The fourth-order valence-electron chi connectivity index (χ4n) is 4.12. The fourth-order valence-corrected chi connectivity index (χ4v) is 4.82. The van der Waals surface area contributed by atoms with E-state index in [1.54, 1.807) is 11.0 Å². The van der Waals surface area contributed by atoms with E-state index >= 15 is 0 Å². The summed E-state index contributed by atoms with van der Waals surface area (Å²) in [6, 6.07) is 22.2. The summed E-state index contributed by atoms with van der Waals surface area (Å²) in [6.07, 6.45) is 0.376. The summed E-state index contributed by atoms with van der Waals surface area (Å²) in [5, 5.41) is 3.60. The van der Waals surface area contributed by atoms with Crippen molar-refractivity contribution < 1.29 is 14.3 Å². The maximum atomic E-state index is 13.8. The SMILES string of the molecule is CC(C)CNC(=O)C(Cc1ccccc1)N(Cc1cccc(Cl)c1)C(=O)COc1ccc(C(C)(C)C)cc1Br. The molecule has 3 aromatic carbocycles. The van der Waals surface area contributed by atoms with Crippen molar-refractivity contribution in [1.82, 2.24) is 10.2 Å². The summed E-state index contributed by atoms with van der Waals surface area (Å²) >= 11 is 9.85. The molecule has 0 aliphatic heterocycles. The molecule has 0 heterocycles. The van der Waals surface area contributed by atoms with Gasteiger partial charge in [0.25, 0.3) is 5.91 Å². The van der Waals surface area contributed by atoms with E-state index in [2.05, 4.69) is 42.0 Å². The minimum Gasteiger partial charge on any atom is -0.483 e. The molecular weight excluding hydrogens is 576 g/mol. The van der Waals surface area contributed by atoms with Crippen molar-refractivity contribution in [2.75, 3.05) is 13.2 Å². The Balaban J connectivity index is 1.90. The molecule has 0 fully saturated rings. The van der Waals surface area contributed by atoms with Gasteiger partial charge in [-0.2, -0.15) is 0 Å². The van der Waals surface area contributed by atoms with Gasteiger partial charge in [0.2, 0.25) is 5.91 Å². The Morgan fingerprint density at radius 3 is 2.28 bits per heavy atom. The van der Waals surface area contributed by atoms with Crippen molar-refractivity contribution in [2.24, 2.45) is 5.92 Å². The van der Waals surface area contributed by atoms with Crippen LogP contribution in [0.3, 0.4) is 0 Å². The Bertz CT molecular complexity index is 1260. The number of amides is 2. The van der Waals surface area contributed by atoms with Gasteiger partial charge < -0.3 is 15.0 Å². The molecule has 0 aromatic heterocycles. The minimum atomic E-state index is -0.729. The number of halogens is 2. The maximum absolute atomic E-state index is 13.8. The lowest BCUT2D eigenvalue weighted by Crippen LogP contribution is -2.52. The fraction of sp³-hybridized carbons (Fsp3) is 0.375. The first kappa shape index (κ1) is 30.7. The summed E-state index contributed by atoms with van der Waals surface area (Å²) in [6.45, 7) is 11.0. The van der Waals surface area contributed by atoms with Crippen molar-refractivity contribution in [3.8, 4) is 5.75 Å². The molecule has 1 atom stereocenters. The zero-order valence-electron chi connectivity index (χ0n) is 23.3. The smallest absolute Gasteiger partial charge is 0.261 e. The molecule has 0 radical (unpaired) electrons. The van der Waals surface area contributed by atoms with Gasteiger partial charge in [-0.05, 0) is 68.2 Å². The third-order valence-electron chi connectivity index (χ3n) is 6.35. The summed E-state index contributed by atoms with van der Waals surface area (Å²) in [5.74, 6) is 0.365. The van der Waals surface area contributed by atoms with Crippen molar-refractivity contribution in [3.05, 3.63) is 99.0 Å². The van der Waals surface area contributed by atoms with Crippen LogP contribution in [0.5, 0.6) is 5.75 Å². The molecule has 0 saturated heterocycles. The minimum absolute atomic E-state index is 0.0152. The Hall–Kier alpha value is -2.83. The molecule has 5 nitrogen and oxygen atoms in total. The lowest BCUT2D eigenvalue weighted by atomic mass is 9.87. The van der Waals surface area contributed by atoms with Crippen LogP contribution in [0.1, 0.15) is 51.3 Å². The summed E-state index contributed by atoms with van der Waals surface area (Å²) in [5.41, 5.74) is 2.94. The van der Waals surface area contributed by atoms with E-state index in [4.69, 9.17) is 16.3 Å². The second kappa shape index (κ2) is 14.0. The maximum Gasteiger partial charge on any atom is 0.261 e. The van der Waals surface area contributed by atoms with Crippen LogP contribution >= 0.6 is 27.5 Å². The molecule has 1 unspecified atom stereocenters. The highest BCUT2D eigenvalue weighted by atomic mass is 79.9. The quantitative estimate of drug-likeness (QED) is 0.249. The zero-order chi connectivity index (χ0) is 28.6. The second-order valence-electron chi connectivity index (χ2n) is 11.2. The molecule has 2 amide bonds. The summed E-state index contributed by atoms with van der Waals surface area (Å²) < 4.78 is 6.77. The van der Waals surface area contributed by atoms with Crippen LogP contribution in [0, 0.1) is 5.92 Å².